The molecule has 1 unspecified atom stereocenters. The van der Waals surface area contributed by atoms with Gasteiger partial charge in [0.15, 0.2) is 5.65 Å². The first kappa shape index (κ1) is 25.2. The molecule has 1 fully saturated rings. The third kappa shape index (κ3) is 4.79. The number of amides is 1. The fourth-order valence-corrected chi connectivity index (χ4v) is 5.60. The number of allylic oxidation sites excluding steroid dienone is 2. The number of nitrogens with zero attached hydrogens (tertiary/aromatic N) is 4. The predicted octanol–water partition coefficient (Wildman–Crippen LogP) is 6.25. The second kappa shape index (κ2) is 9.11. The van der Waals surface area contributed by atoms with Crippen LogP contribution in [0.4, 0.5) is 19.0 Å². The van der Waals surface area contributed by atoms with Crippen LogP contribution in [0.25, 0.3) is 16.6 Å². The van der Waals surface area contributed by atoms with E-state index in [4.69, 9.17) is 0 Å². The van der Waals surface area contributed by atoms with E-state index in [1.54, 1.807) is 19.9 Å². The molecule has 1 saturated heterocycles. The van der Waals surface area contributed by atoms with E-state index in [1.807, 2.05) is 24.1 Å². The summed E-state index contributed by atoms with van der Waals surface area (Å²) < 4.78 is 40.4. The maximum Gasteiger partial charge on any atom is 0.416 e. The number of hydrogen-bond donors (Lipinski definition) is 1. The molecule has 1 N–H and O–H groups in total. The first-order chi connectivity index (χ1) is 17.5. The van der Waals surface area contributed by atoms with Crippen molar-refractivity contribution < 1.29 is 18.0 Å². The van der Waals surface area contributed by atoms with E-state index in [1.165, 1.54) is 18.6 Å². The van der Waals surface area contributed by atoms with E-state index in [-0.39, 0.29) is 16.9 Å². The van der Waals surface area contributed by atoms with Gasteiger partial charge < -0.3 is 10.2 Å². The molecule has 2 aliphatic rings. The Hall–Kier alpha value is -3.49. The molecule has 37 heavy (non-hydrogen) atoms. The number of fused-ring (bicyclic) bond motifs is 1. The second-order valence-corrected chi connectivity index (χ2v) is 10.4. The van der Waals surface area contributed by atoms with Crippen molar-refractivity contribution in [1.82, 2.24) is 19.9 Å². The van der Waals surface area contributed by atoms with Gasteiger partial charge in [-0.25, -0.2) is 15.0 Å². The highest BCUT2D eigenvalue weighted by molar-refractivity contribution is 5.89. The van der Waals surface area contributed by atoms with Gasteiger partial charge in [0.1, 0.15) is 11.6 Å². The monoisotopic (exact) mass is 509 g/mol. The van der Waals surface area contributed by atoms with Crippen molar-refractivity contribution in [3.63, 3.8) is 0 Å². The van der Waals surface area contributed by atoms with Crippen molar-refractivity contribution >= 4 is 28.3 Å². The quantitative estimate of drug-likeness (QED) is 0.450. The summed E-state index contributed by atoms with van der Waals surface area (Å²) in [6.07, 6.45) is 2.50. The molecule has 1 atom stereocenters. The van der Waals surface area contributed by atoms with Crippen LogP contribution in [0.1, 0.15) is 67.2 Å². The molecule has 1 amide bonds. The van der Waals surface area contributed by atoms with Crippen LogP contribution in [0.3, 0.4) is 0 Å². The van der Waals surface area contributed by atoms with E-state index in [9.17, 15) is 18.0 Å². The molecule has 2 aromatic heterocycles. The SMILES string of the molecule is CC(=O)N1CC2(CC=C(c3cnc4nc(C)nc(NC(C)c5cccc(C(F)(F)F)c5C)c4c3)CC2)C1. The van der Waals surface area contributed by atoms with Crippen LogP contribution in [-0.4, -0.2) is 38.8 Å². The Labute approximate surface area is 214 Å². The summed E-state index contributed by atoms with van der Waals surface area (Å²) in [5.41, 5.74) is 3.04. The van der Waals surface area contributed by atoms with Gasteiger partial charge in [-0.1, -0.05) is 18.2 Å². The minimum Gasteiger partial charge on any atom is -0.363 e. The van der Waals surface area contributed by atoms with Crippen LogP contribution in [0, 0.1) is 19.3 Å². The highest BCUT2D eigenvalue weighted by Gasteiger charge is 2.44. The van der Waals surface area contributed by atoms with Gasteiger partial charge in [0, 0.05) is 31.6 Å². The number of anilines is 1. The van der Waals surface area contributed by atoms with E-state index < -0.39 is 17.8 Å². The Bertz CT molecular complexity index is 1410. The third-order valence-corrected chi connectivity index (χ3v) is 7.74. The van der Waals surface area contributed by atoms with Gasteiger partial charge in [0.05, 0.1) is 17.0 Å². The number of hydrogen-bond acceptors (Lipinski definition) is 5. The fraction of sp³-hybridized carbons (Fsp3) is 0.429. The van der Waals surface area contributed by atoms with Crippen LogP contribution in [0.5, 0.6) is 0 Å². The lowest BCUT2D eigenvalue weighted by Crippen LogP contribution is -2.58. The molecule has 3 aromatic rings. The molecule has 0 saturated carbocycles. The summed E-state index contributed by atoms with van der Waals surface area (Å²) in [6.45, 7) is 8.34. The summed E-state index contributed by atoms with van der Waals surface area (Å²) in [5, 5.41) is 4.05. The molecule has 0 radical (unpaired) electrons. The molecule has 5 rings (SSSR count). The standard InChI is InChI=1S/C28H30F3N5O/c1-16-22(6-5-7-24(16)28(29,30)31)17(2)33-26-23-12-21(13-32-25(23)34-18(3)35-26)20-8-10-27(11-9-20)14-36(15-27)19(4)37/h5-8,12-13,17H,9-11,14-15H2,1-4H3,(H,32,33,34,35). The number of carbonyl (C=O) groups is 1. The summed E-state index contributed by atoms with van der Waals surface area (Å²) in [5.74, 6) is 1.20. The highest BCUT2D eigenvalue weighted by Crippen LogP contribution is 2.45. The first-order valence-corrected chi connectivity index (χ1v) is 12.5. The molecule has 6 nitrogen and oxygen atoms in total. The zero-order valence-corrected chi connectivity index (χ0v) is 21.4. The third-order valence-electron chi connectivity index (χ3n) is 7.74. The zero-order valence-electron chi connectivity index (χ0n) is 21.4. The molecule has 1 spiro atoms. The highest BCUT2D eigenvalue weighted by atomic mass is 19.4. The zero-order chi connectivity index (χ0) is 26.5. The number of aryl methyl sites for hydroxylation is 1. The normalized spacial score (nSPS) is 17.9. The van der Waals surface area contributed by atoms with E-state index in [0.717, 1.165) is 49.4 Å². The molecule has 1 aliphatic heterocycles. The first-order valence-electron chi connectivity index (χ1n) is 12.5. The van der Waals surface area contributed by atoms with Crippen molar-refractivity contribution in [2.75, 3.05) is 18.4 Å². The maximum atomic E-state index is 13.5. The van der Waals surface area contributed by atoms with Crippen molar-refractivity contribution in [1.29, 1.82) is 0 Å². The van der Waals surface area contributed by atoms with Crippen molar-refractivity contribution in [3.05, 3.63) is 64.6 Å². The number of pyridine rings is 1. The van der Waals surface area contributed by atoms with Gasteiger partial charge in [0.25, 0.3) is 0 Å². The van der Waals surface area contributed by atoms with Gasteiger partial charge >= 0.3 is 6.18 Å². The largest absolute Gasteiger partial charge is 0.416 e. The lowest BCUT2D eigenvalue weighted by molar-refractivity contribution is -0.141. The Morgan fingerprint density at radius 2 is 1.95 bits per heavy atom. The van der Waals surface area contributed by atoms with Gasteiger partial charge in [0.2, 0.25) is 5.91 Å². The van der Waals surface area contributed by atoms with E-state index in [0.29, 0.717) is 22.9 Å². The Morgan fingerprint density at radius 1 is 1.19 bits per heavy atom. The predicted molar refractivity (Wildman–Crippen MR) is 137 cm³/mol. The van der Waals surface area contributed by atoms with E-state index >= 15 is 0 Å². The molecular weight excluding hydrogens is 479 g/mol. The molecular formula is C28H30F3N5O. The summed E-state index contributed by atoms with van der Waals surface area (Å²) >= 11 is 0. The molecule has 0 bridgehead atoms. The van der Waals surface area contributed by atoms with Crippen LogP contribution < -0.4 is 5.32 Å². The number of nitrogens with one attached hydrogen (secondary N) is 1. The van der Waals surface area contributed by atoms with Gasteiger partial charge in [-0.2, -0.15) is 13.2 Å². The number of carbonyl (C=O) groups excluding carboxylic acids is 1. The molecule has 194 valence electrons. The van der Waals surface area contributed by atoms with E-state index in [2.05, 4.69) is 26.3 Å². The maximum absolute atomic E-state index is 13.5. The van der Waals surface area contributed by atoms with Crippen LogP contribution >= 0.6 is 0 Å². The van der Waals surface area contributed by atoms with Gasteiger partial charge in [-0.3, -0.25) is 4.79 Å². The smallest absolute Gasteiger partial charge is 0.363 e. The minimum atomic E-state index is -4.41. The Kier molecular flexibility index (Phi) is 6.20. The number of alkyl halides is 3. The van der Waals surface area contributed by atoms with Crippen LogP contribution in [0.15, 0.2) is 36.5 Å². The van der Waals surface area contributed by atoms with Crippen LogP contribution in [0.2, 0.25) is 0 Å². The number of rotatable bonds is 4. The summed E-state index contributed by atoms with van der Waals surface area (Å²) in [4.78, 5) is 27.1. The van der Waals surface area contributed by atoms with Crippen molar-refractivity contribution in [3.8, 4) is 0 Å². The molecule has 9 heteroatoms. The second-order valence-electron chi connectivity index (χ2n) is 10.4. The number of aromatic nitrogens is 3. The lowest BCUT2D eigenvalue weighted by Gasteiger charge is -2.51. The van der Waals surface area contributed by atoms with Crippen molar-refractivity contribution in [2.24, 2.45) is 5.41 Å². The average Bonchev–Trinajstić information content (AvgIpc) is 2.81. The number of likely N-dealkylation sites (tertiary alicyclic amines) is 1. The fourth-order valence-electron chi connectivity index (χ4n) is 5.60. The Balaban J connectivity index is 1.43. The van der Waals surface area contributed by atoms with Gasteiger partial charge in [-0.15, -0.1) is 0 Å². The molecule has 1 aliphatic carbocycles. The minimum absolute atomic E-state index is 0.129. The number of halogens is 3. The van der Waals surface area contributed by atoms with Gasteiger partial charge in [-0.05, 0) is 74.4 Å². The van der Waals surface area contributed by atoms with Crippen LogP contribution in [-0.2, 0) is 11.0 Å². The molecule has 3 heterocycles. The summed E-state index contributed by atoms with van der Waals surface area (Å²) in [7, 11) is 0. The Morgan fingerprint density at radius 3 is 2.59 bits per heavy atom. The lowest BCUT2D eigenvalue weighted by atomic mass is 9.69. The number of benzene rings is 1. The van der Waals surface area contributed by atoms with Crippen molar-refractivity contribution in [2.45, 2.75) is 59.2 Å². The summed E-state index contributed by atoms with van der Waals surface area (Å²) in [6, 6.07) is 5.85. The average molecular weight is 510 g/mol. The topological polar surface area (TPSA) is 71.0 Å². The molecule has 1 aromatic carbocycles.